The number of phenols is 1. The van der Waals surface area contributed by atoms with E-state index >= 15 is 0 Å². The molecule has 1 heterocycles. The highest BCUT2D eigenvalue weighted by atomic mass is 32.2. The summed E-state index contributed by atoms with van der Waals surface area (Å²) >= 11 is 0. The molecule has 0 radical (unpaired) electrons. The second-order valence-corrected chi connectivity index (χ2v) is 7.52. The quantitative estimate of drug-likeness (QED) is 0.358. The normalized spacial score (nSPS) is 13.8. The van der Waals surface area contributed by atoms with Gasteiger partial charge in [0.15, 0.2) is 0 Å². The van der Waals surface area contributed by atoms with Crippen LogP contribution in [0.3, 0.4) is 0 Å². The largest absolute Gasteiger partial charge is 0.507 e. The number of benzene rings is 2. The summed E-state index contributed by atoms with van der Waals surface area (Å²) in [4.78, 5) is 37.8. The molecule has 2 aromatic carbocycles. The third-order valence-electron chi connectivity index (χ3n) is 4.84. The van der Waals surface area contributed by atoms with Crippen molar-refractivity contribution in [2.45, 2.75) is 19.8 Å². The van der Waals surface area contributed by atoms with Gasteiger partial charge in [0.2, 0.25) is 5.91 Å². The predicted octanol–water partition coefficient (Wildman–Crippen LogP) is 1.55. The molecule has 4 amide bonds. The highest BCUT2D eigenvalue weighted by Crippen LogP contribution is 2.31. The second-order valence-electron chi connectivity index (χ2n) is 6.91. The molecule has 0 bridgehead atoms. The number of aromatic hydroxyl groups is 1. The minimum Gasteiger partial charge on any atom is -0.507 e. The average Bonchev–Trinajstić information content (AvgIpc) is 2.74. The van der Waals surface area contributed by atoms with Crippen LogP contribution in [0, 0.1) is 0 Å². The van der Waals surface area contributed by atoms with Crippen LogP contribution in [-0.4, -0.2) is 45.0 Å². The minimum absolute atomic E-state index is 0.0306. The predicted molar refractivity (Wildman–Crippen MR) is 117 cm³/mol. The summed E-state index contributed by atoms with van der Waals surface area (Å²) in [7, 11) is -1.65. The number of nitrogens with zero attached hydrogens (tertiary/aromatic N) is 2. The summed E-state index contributed by atoms with van der Waals surface area (Å²) in [5.74, 6) is -1.18. The third kappa shape index (κ3) is 5.15. The minimum atomic E-state index is -3.06. The second kappa shape index (κ2) is 9.66. The molecule has 0 atom stereocenters. The Labute approximate surface area is 185 Å². The van der Waals surface area contributed by atoms with Crippen molar-refractivity contribution in [2.24, 2.45) is 0 Å². The Morgan fingerprint density at radius 2 is 1.94 bits per heavy atom. The Kier molecular flexibility index (Phi) is 6.95. The van der Waals surface area contributed by atoms with E-state index in [9.17, 15) is 27.9 Å². The first-order valence-corrected chi connectivity index (χ1v) is 10.7. The van der Waals surface area contributed by atoms with E-state index in [1.807, 2.05) is 0 Å². The molecular weight excluding hydrogens is 440 g/mol. The Morgan fingerprint density at radius 1 is 1.25 bits per heavy atom. The van der Waals surface area contributed by atoms with Crippen molar-refractivity contribution in [1.82, 2.24) is 5.32 Å². The number of thiol groups is 1. The number of aryl methyl sites for hydroxylation is 1. The number of hydrogen-bond donors (Lipinski definition) is 4. The van der Waals surface area contributed by atoms with Crippen LogP contribution in [0.25, 0.3) is 0 Å². The lowest BCUT2D eigenvalue weighted by Gasteiger charge is -2.27. The summed E-state index contributed by atoms with van der Waals surface area (Å²) in [6.45, 7) is 1.96. The molecule has 32 heavy (non-hydrogen) atoms. The molecule has 12 heteroatoms. The fourth-order valence-electron chi connectivity index (χ4n) is 3.19. The average molecular weight is 462 g/mol. The van der Waals surface area contributed by atoms with Crippen molar-refractivity contribution in [3.8, 4) is 5.75 Å². The van der Waals surface area contributed by atoms with Crippen LogP contribution in [0.4, 0.5) is 21.9 Å². The van der Waals surface area contributed by atoms with Gasteiger partial charge >= 0.3 is 6.03 Å². The highest BCUT2D eigenvalue weighted by molar-refractivity contribution is 7.67. The summed E-state index contributed by atoms with van der Waals surface area (Å²) in [6, 6.07) is 8.55. The van der Waals surface area contributed by atoms with Crippen molar-refractivity contribution < 1.29 is 32.2 Å². The number of carbonyl (C=O) groups excluding carboxylic acids is 3. The lowest BCUT2D eigenvalue weighted by atomic mass is 10.0. The van der Waals surface area contributed by atoms with Crippen LogP contribution in [0.2, 0.25) is 0 Å². The summed E-state index contributed by atoms with van der Waals surface area (Å²) in [6.07, 6.45) is 0.540. The van der Waals surface area contributed by atoms with Gasteiger partial charge in [0.25, 0.3) is 16.9 Å². The summed E-state index contributed by atoms with van der Waals surface area (Å²) in [5, 5.41) is 16.5. The van der Waals surface area contributed by atoms with Crippen LogP contribution in [0.1, 0.15) is 29.3 Å². The molecule has 0 unspecified atom stereocenters. The van der Waals surface area contributed by atoms with Gasteiger partial charge < -0.3 is 10.4 Å². The Balaban J connectivity index is 1.84. The molecule has 2 aromatic rings. The van der Waals surface area contributed by atoms with Gasteiger partial charge in [-0.2, -0.15) is 4.28 Å². The van der Waals surface area contributed by atoms with Crippen molar-refractivity contribution >= 4 is 45.9 Å². The van der Waals surface area contributed by atoms with Crippen molar-refractivity contribution in [1.29, 1.82) is 0 Å². The fraction of sp³-hybridized carbons (Fsp3) is 0.250. The first kappa shape index (κ1) is 23.0. The Hall–Kier alpha value is -3.64. The maximum absolute atomic E-state index is 12.9. The van der Waals surface area contributed by atoms with E-state index in [1.54, 1.807) is 13.0 Å². The molecule has 1 aliphatic heterocycles. The molecule has 0 aromatic heterocycles. The standard InChI is InChI=1S/C20H22N4O7S/c1-3-12-10-15(24-9-8-17(25)22-20(24)28)11-16(18(12)26)19(27)21-13-4-6-14(7-5-13)23(2)31-32(29)30/h4-7,10-11,26,32H,3,8-9H2,1-2H3,(H,21,27)(H,22,25,28). The smallest absolute Gasteiger partial charge is 0.328 e. The zero-order valence-corrected chi connectivity index (χ0v) is 18.2. The topological polar surface area (TPSA) is 145 Å². The fourth-order valence-corrected chi connectivity index (χ4v) is 3.48. The van der Waals surface area contributed by atoms with E-state index in [0.29, 0.717) is 29.0 Å². The number of nitrogens with one attached hydrogen (secondary N) is 2. The summed E-state index contributed by atoms with van der Waals surface area (Å²) in [5.41, 5.74) is 1.65. The molecule has 170 valence electrons. The third-order valence-corrected chi connectivity index (χ3v) is 5.22. The Morgan fingerprint density at radius 3 is 2.53 bits per heavy atom. The zero-order valence-electron chi connectivity index (χ0n) is 17.3. The number of amides is 4. The van der Waals surface area contributed by atoms with E-state index in [2.05, 4.69) is 14.9 Å². The van der Waals surface area contributed by atoms with E-state index in [-0.39, 0.29) is 30.2 Å². The van der Waals surface area contributed by atoms with Gasteiger partial charge in [-0.05, 0) is 48.4 Å². The number of carbonyl (C=O) groups is 3. The number of urea groups is 1. The number of hydrogen-bond acceptors (Lipinski definition) is 8. The molecule has 1 saturated heterocycles. The maximum Gasteiger partial charge on any atom is 0.328 e. The van der Waals surface area contributed by atoms with Crippen LogP contribution in [0.15, 0.2) is 36.4 Å². The molecule has 1 fully saturated rings. The number of imide groups is 1. The maximum atomic E-state index is 12.9. The number of rotatable bonds is 7. The van der Waals surface area contributed by atoms with E-state index in [1.165, 1.54) is 42.3 Å². The highest BCUT2D eigenvalue weighted by Gasteiger charge is 2.26. The number of hydroxylamine groups is 1. The van der Waals surface area contributed by atoms with Gasteiger partial charge in [0.05, 0.1) is 11.3 Å². The van der Waals surface area contributed by atoms with Crippen molar-refractivity contribution in [3.63, 3.8) is 0 Å². The van der Waals surface area contributed by atoms with Crippen LogP contribution in [-0.2, 0) is 26.5 Å². The molecule has 0 aliphatic carbocycles. The monoisotopic (exact) mass is 462 g/mol. The van der Waals surface area contributed by atoms with Crippen LogP contribution in [0.5, 0.6) is 5.75 Å². The molecule has 3 rings (SSSR count). The molecule has 0 saturated carbocycles. The first-order valence-electron chi connectivity index (χ1n) is 9.64. The lowest BCUT2D eigenvalue weighted by Crippen LogP contribution is -2.49. The SMILES string of the molecule is CCc1cc(N2CCC(=O)NC2=O)cc(C(=O)Nc2ccc(N(C)O[SH](=O)=O)cc2)c1O. The van der Waals surface area contributed by atoms with Gasteiger partial charge in [0.1, 0.15) is 5.75 Å². The summed E-state index contributed by atoms with van der Waals surface area (Å²) < 4.78 is 25.9. The van der Waals surface area contributed by atoms with Gasteiger partial charge in [-0.15, -0.1) is 0 Å². The van der Waals surface area contributed by atoms with E-state index in [0.717, 1.165) is 5.06 Å². The Bertz CT molecular complexity index is 1120. The number of anilines is 3. The number of phenolic OH excluding ortho intramolecular Hbond substituents is 1. The molecule has 1 aliphatic rings. The lowest BCUT2D eigenvalue weighted by molar-refractivity contribution is -0.120. The van der Waals surface area contributed by atoms with Gasteiger partial charge in [0, 0.05) is 31.4 Å². The van der Waals surface area contributed by atoms with Gasteiger partial charge in [-0.1, -0.05) is 6.92 Å². The zero-order chi connectivity index (χ0) is 23.4. The molecular formula is C20H22N4O7S. The van der Waals surface area contributed by atoms with Crippen LogP contribution < -0.4 is 20.6 Å². The molecule has 11 nitrogen and oxygen atoms in total. The molecule has 0 spiro atoms. The van der Waals surface area contributed by atoms with E-state index < -0.39 is 22.9 Å². The van der Waals surface area contributed by atoms with Gasteiger partial charge in [-0.3, -0.25) is 19.8 Å². The first-order chi connectivity index (χ1) is 15.2. The van der Waals surface area contributed by atoms with Crippen LogP contribution >= 0.6 is 0 Å². The molecule has 3 N–H and O–H groups in total. The van der Waals surface area contributed by atoms with Crippen molar-refractivity contribution in [3.05, 3.63) is 47.5 Å². The van der Waals surface area contributed by atoms with E-state index in [4.69, 9.17) is 0 Å². The van der Waals surface area contributed by atoms with Gasteiger partial charge in [-0.25, -0.2) is 18.3 Å². The van der Waals surface area contributed by atoms with Crippen molar-refractivity contribution in [2.75, 3.05) is 28.9 Å².